The molecule has 1 unspecified atom stereocenters. The molecular weight excluding hydrogens is 312 g/mol. The highest BCUT2D eigenvalue weighted by atomic mass is 32.1. The average Bonchev–Trinajstić information content (AvgIpc) is 3.07. The van der Waals surface area contributed by atoms with Crippen LogP contribution in [0.2, 0.25) is 0 Å². The summed E-state index contributed by atoms with van der Waals surface area (Å²) in [6.45, 7) is 2.18. The minimum atomic E-state index is -1.05. The number of nitrogens with zero attached hydrogens (tertiary/aromatic N) is 2. The van der Waals surface area contributed by atoms with Crippen LogP contribution >= 0.6 is 22.7 Å². The van der Waals surface area contributed by atoms with Gasteiger partial charge < -0.3 is 16.2 Å². The van der Waals surface area contributed by atoms with Crippen LogP contribution in [0.15, 0.2) is 10.8 Å². The maximum atomic E-state index is 11.9. The zero-order chi connectivity index (χ0) is 15.4. The van der Waals surface area contributed by atoms with Gasteiger partial charge in [-0.05, 0) is 6.92 Å². The first kappa shape index (κ1) is 15.5. The van der Waals surface area contributed by atoms with Crippen molar-refractivity contribution in [3.05, 3.63) is 32.2 Å². The molecule has 2 aromatic heterocycles. The fourth-order valence-electron chi connectivity index (χ4n) is 1.50. The molecule has 0 spiro atoms. The van der Waals surface area contributed by atoms with E-state index in [9.17, 15) is 9.59 Å². The van der Waals surface area contributed by atoms with Crippen LogP contribution in [0.25, 0.3) is 0 Å². The van der Waals surface area contributed by atoms with E-state index in [0.717, 1.165) is 0 Å². The molecule has 0 radical (unpaired) electrons. The molecule has 0 aliphatic heterocycles. The van der Waals surface area contributed by atoms with Crippen molar-refractivity contribution in [3.8, 4) is 0 Å². The molecule has 0 aliphatic rings. The van der Waals surface area contributed by atoms with Crippen LogP contribution in [0, 0.1) is 0 Å². The van der Waals surface area contributed by atoms with Crippen molar-refractivity contribution < 1.29 is 14.7 Å². The third-order valence-corrected chi connectivity index (χ3v) is 4.49. The van der Waals surface area contributed by atoms with Gasteiger partial charge in [-0.15, -0.1) is 22.7 Å². The van der Waals surface area contributed by atoms with Gasteiger partial charge in [0.05, 0.1) is 11.0 Å². The molecule has 2 rings (SSSR count). The largest absolute Gasteiger partial charge is 0.476 e. The molecule has 7 nitrogen and oxygen atoms in total. The summed E-state index contributed by atoms with van der Waals surface area (Å²) in [5.41, 5.74) is 6.07. The van der Waals surface area contributed by atoms with Gasteiger partial charge in [0, 0.05) is 23.7 Å². The molecule has 21 heavy (non-hydrogen) atoms. The molecule has 2 heterocycles. The second-order valence-electron chi connectivity index (χ2n) is 4.30. The lowest BCUT2D eigenvalue weighted by atomic mass is 10.3. The average molecular weight is 326 g/mol. The predicted molar refractivity (Wildman–Crippen MR) is 79.8 cm³/mol. The first-order chi connectivity index (χ1) is 9.97. The molecule has 0 saturated heterocycles. The molecule has 0 fully saturated rings. The number of carbonyl (C=O) groups is 2. The van der Waals surface area contributed by atoms with Crippen LogP contribution in [0.3, 0.4) is 0 Å². The monoisotopic (exact) mass is 326 g/mol. The van der Waals surface area contributed by atoms with E-state index in [0.29, 0.717) is 28.7 Å². The van der Waals surface area contributed by atoms with Gasteiger partial charge in [0.15, 0.2) is 5.69 Å². The Balaban J connectivity index is 1.84. The number of nitrogens with one attached hydrogen (secondary N) is 1. The number of aromatic carboxylic acids is 1. The van der Waals surface area contributed by atoms with E-state index in [4.69, 9.17) is 10.8 Å². The third-order valence-electron chi connectivity index (χ3n) is 2.54. The fraction of sp³-hybridized carbons (Fsp3) is 0.333. The summed E-state index contributed by atoms with van der Waals surface area (Å²) in [5, 5.41) is 16.0. The Bertz CT molecular complexity index is 650. The zero-order valence-electron chi connectivity index (χ0n) is 11.2. The number of carboxylic acid groups (broad SMARTS) is 1. The van der Waals surface area contributed by atoms with Crippen molar-refractivity contribution in [2.75, 3.05) is 6.54 Å². The van der Waals surface area contributed by atoms with Crippen LogP contribution in [0.4, 0.5) is 0 Å². The lowest BCUT2D eigenvalue weighted by Crippen LogP contribution is -2.26. The Kier molecular flexibility index (Phi) is 4.99. The molecule has 1 atom stereocenters. The van der Waals surface area contributed by atoms with Gasteiger partial charge >= 0.3 is 5.97 Å². The maximum absolute atomic E-state index is 11.9. The second kappa shape index (κ2) is 6.74. The normalized spacial score (nSPS) is 12.1. The van der Waals surface area contributed by atoms with Gasteiger partial charge in [-0.3, -0.25) is 4.79 Å². The van der Waals surface area contributed by atoms with Crippen LogP contribution < -0.4 is 11.1 Å². The Labute approximate surface area is 128 Å². The van der Waals surface area contributed by atoms with Gasteiger partial charge in [-0.1, -0.05) is 0 Å². The van der Waals surface area contributed by atoms with Crippen molar-refractivity contribution >= 4 is 34.6 Å². The van der Waals surface area contributed by atoms with E-state index >= 15 is 0 Å². The SMILES string of the molecule is CC(N)c1nc(C(=O)NCCc2nc(C(=O)O)cs2)cs1. The van der Waals surface area contributed by atoms with E-state index in [-0.39, 0.29) is 17.6 Å². The smallest absolute Gasteiger partial charge is 0.355 e. The van der Waals surface area contributed by atoms with E-state index in [2.05, 4.69) is 15.3 Å². The van der Waals surface area contributed by atoms with E-state index in [1.807, 2.05) is 6.92 Å². The molecule has 0 bridgehead atoms. The predicted octanol–water partition coefficient (Wildman–Crippen LogP) is 1.29. The Hall–Kier alpha value is -1.84. The molecular formula is C12H14N4O3S2. The number of carboxylic acids is 1. The molecule has 4 N–H and O–H groups in total. The number of thiazole rings is 2. The summed E-state index contributed by atoms with van der Waals surface area (Å²) in [4.78, 5) is 30.7. The zero-order valence-corrected chi connectivity index (χ0v) is 12.8. The number of hydrogen-bond acceptors (Lipinski definition) is 7. The summed E-state index contributed by atoms with van der Waals surface area (Å²) in [6, 6.07) is -0.193. The van der Waals surface area contributed by atoms with Crippen molar-refractivity contribution in [3.63, 3.8) is 0 Å². The number of rotatable bonds is 6. The maximum Gasteiger partial charge on any atom is 0.355 e. The summed E-state index contributed by atoms with van der Waals surface area (Å²) in [6.07, 6.45) is 0.480. The molecule has 0 aliphatic carbocycles. The lowest BCUT2D eigenvalue weighted by Gasteiger charge is -2.01. The van der Waals surface area contributed by atoms with Crippen molar-refractivity contribution in [1.29, 1.82) is 0 Å². The van der Waals surface area contributed by atoms with Crippen molar-refractivity contribution in [1.82, 2.24) is 15.3 Å². The number of amides is 1. The lowest BCUT2D eigenvalue weighted by molar-refractivity contribution is 0.0690. The van der Waals surface area contributed by atoms with Crippen LogP contribution in [-0.2, 0) is 6.42 Å². The minimum absolute atomic E-state index is 0.0300. The molecule has 112 valence electrons. The fourth-order valence-corrected chi connectivity index (χ4v) is 3.03. The molecule has 2 aromatic rings. The van der Waals surface area contributed by atoms with Crippen LogP contribution in [0.5, 0.6) is 0 Å². The molecule has 9 heteroatoms. The van der Waals surface area contributed by atoms with Gasteiger partial charge in [0.1, 0.15) is 10.7 Å². The first-order valence-electron chi connectivity index (χ1n) is 6.14. The van der Waals surface area contributed by atoms with E-state index in [1.54, 1.807) is 5.38 Å². The van der Waals surface area contributed by atoms with E-state index in [1.165, 1.54) is 28.1 Å². The molecule has 0 aromatic carbocycles. The second-order valence-corrected chi connectivity index (χ2v) is 6.13. The van der Waals surface area contributed by atoms with Gasteiger partial charge in [0.2, 0.25) is 0 Å². The standard InChI is InChI=1S/C12H14N4O3S2/c1-6(13)11-16-7(4-21-11)10(17)14-3-2-9-15-8(5-20-9)12(18)19/h4-6H,2-3,13H2,1H3,(H,14,17)(H,18,19). The third kappa shape index (κ3) is 4.06. The highest BCUT2D eigenvalue weighted by molar-refractivity contribution is 7.10. The number of aromatic nitrogens is 2. The number of hydrogen-bond donors (Lipinski definition) is 3. The number of nitrogens with two attached hydrogens (primary N) is 1. The molecule has 1 amide bonds. The van der Waals surface area contributed by atoms with E-state index < -0.39 is 5.97 Å². The topological polar surface area (TPSA) is 118 Å². The van der Waals surface area contributed by atoms with Crippen molar-refractivity contribution in [2.24, 2.45) is 5.73 Å². The van der Waals surface area contributed by atoms with Gasteiger partial charge in [-0.25, -0.2) is 14.8 Å². The highest BCUT2D eigenvalue weighted by Gasteiger charge is 2.13. The van der Waals surface area contributed by atoms with Gasteiger partial charge in [0.25, 0.3) is 5.91 Å². The molecule has 0 saturated carbocycles. The van der Waals surface area contributed by atoms with Crippen LogP contribution in [0.1, 0.15) is 44.0 Å². The Morgan fingerprint density at radius 2 is 2.05 bits per heavy atom. The minimum Gasteiger partial charge on any atom is -0.476 e. The Morgan fingerprint density at radius 3 is 2.62 bits per heavy atom. The quantitative estimate of drug-likeness (QED) is 0.736. The summed E-state index contributed by atoms with van der Waals surface area (Å²) in [7, 11) is 0. The summed E-state index contributed by atoms with van der Waals surface area (Å²) >= 11 is 2.61. The van der Waals surface area contributed by atoms with Crippen molar-refractivity contribution in [2.45, 2.75) is 19.4 Å². The summed E-state index contributed by atoms with van der Waals surface area (Å²) < 4.78 is 0. The van der Waals surface area contributed by atoms with Gasteiger partial charge in [-0.2, -0.15) is 0 Å². The highest BCUT2D eigenvalue weighted by Crippen LogP contribution is 2.15. The number of carbonyl (C=O) groups excluding carboxylic acids is 1. The summed E-state index contributed by atoms with van der Waals surface area (Å²) in [5.74, 6) is -1.32. The Morgan fingerprint density at radius 1 is 1.33 bits per heavy atom. The first-order valence-corrected chi connectivity index (χ1v) is 7.90. The van der Waals surface area contributed by atoms with Crippen LogP contribution in [-0.4, -0.2) is 33.5 Å².